The van der Waals surface area contributed by atoms with Crippen LogP contribution in [0.5, 0.6) is 0 Å². The minimum atomic E-state index is 1.08. The van der Waals surface area contributed by atoms with Crippen molar-refractivity contribution in [2.24, 2.45) is 0 Å². The number of hydrogen-bond donors (Lipinski definition) is 0. The predicted octanol–water partition coefficient (Wildman–Crippen LogP) is 7.46. The van der Waals surface area contributed by atoms with Crippen molar-refractivity contribution in [3.05, 3.63) is 87.8 Å². The number of nitrogens with zero attached hydrogens (tertiary/aromatic N) is 1. The highest BCUT2D eigenvalue weighted by Gasteiger charge is 2.15. The second kappa shape index (κ2) is 5.72. The second-order valence-electron chi connectivity index (χ2n) is 6.17. The van der Waals surface area contributed by atoms with Gasteiger partial charge in [-0.2, -0.15) is 0 Å². The SMILES string of the molecule is Brc1cc(Br)c2c(c1)c1ccccc1n2-c1ccc2ccccc2c1. The summed E-state index contributed by atoms with van der Waals surface area (Å²) >= 11 is 7.40. The molecule has 0 radical (unpaired) electrons. The number of benzene rings is 4. The van der Waals surface area contributed by atoms with Gasteiger partial charge in [-0.1, -0.05) is 64.5 Å². The molecule has 0 unspecified atom stereocenters. The summed E-state index contributed by atoms with van der Waals surface area (Å²) in [5.74, 6) is 0. The summed E-state index contributed by atoms with van der Waals surface area (Å²) in [5, 5.41) is 5.01. The Morgan fingerprint density at radius 2 is 1.40 bits per heavy atom. The van der Waals surface area contributed by atoms with E-state index in [1.54, 1.807) is 0 Å². The summed E-state index contributed by atoms with van der Waals surface area (Å²) in [6.07, 6.45) is 0. The van der Waals surface area contributed by atoms with Crippen LogP contribution in [0.25, 0.3) is 38.3 Å². The maximum atomic E-state index is 3.77. The lowest BCUT2D eigenvalue weighted by molar-refractivity contribution is 1.18. The fourth-order valence-corrected chi connectivity index (χ4v) is 5.00. The van der Waals surface area contributed by atoms with E-state index in [1.807, 2.05) is 0 Å². The molecule has 4 aromatic carbocycles. The monoisotopic (exact) mass is 449 g/mol. The smallest absolute Gasteiger partial charge is 0.0683 e. The first kappa shape index (κ1) is 15.2. The normalized spacial score (nSPS) is 11.6. The van der Waals surface area contributed by atoms with Gasteiger partial charge in [0.05, 0.1) is 11.0 Å². The van der Waals surface area contributed by atoms with Gasteiger partial charge in [-0.3, -0.25) is 0 Å². The van der Waals surface area contributed by atoms with Gasteiger partial charge in [-0.15, -0.1) is 0 Å². The fourth-order valence-electron chi connectivity index (χ4n) is 3.60. The lowest BCUT2D eigenvalue weighted by Crippen LogP contribution is -1.94. The van der Waals surface area contributed by atoms with Gasteiger partial charge in [-0.25, -0.2) is 0 Å². The highest BCUT2D eigenvalue weighted by Crippen LogP contribution is 2.38. The molecule has 0 atom stereocenters. The topological polar surface area (TPSA) is 4.93 Å². The summed E-state index contributed by atoms with van der Waals surface area (Å²) in [6.45, 7) is 0. The zero-order chi connectivity index (χ0) is 17.0. The van der Waals surface area contributed by atoms with E-state index in [2.05, 4.69) is 115 Å². The van der Waals surface area contributed by atoms with Crippen LogP contribution in [0.3, 0.4) is 0 Å². The molecule has 5 rings (SSSR count). The van der Waals surface area contributed by atoms with E-state index in [1.165, 1.54) is 38.3 Å². The van der Waals surface area contributed by atoms with Crippen LogP contribution in [-0.4, -0.2) is 4.57 Å². The Morgan fingerprint density at radius 1 is 0.640 bits per heavy atom. The molecule has 25 heavy (non-hydrogen) atoms. The summed E-state index contributed by atoms with van der Waals surface area (Å²) in [7, 11) is 0. The van der Waals surface area contributed by atoms with Gasteiger partial charge < -0.3 is 4.57 Å². The van der Waals surface area contributed by atoms with E-state index in [4.69, 9.17) is 0 Å². The van der Waals surface area contributed by atoms with E-state index in [-0.39, 0.29) is 0 Å². The van der Waals surface area contributed by atoms with Crippen LogP contribution in [0, 0.1) is 0 Å². The van der Waals surface area contributed by atoms with E-state index < -0.39 is 0 Å². The van der Waals surface area contributed by atoms with Crippen molar-refractivity contribution in [1.29, 1.82) is 0 Å². The van der Waals surface area contributed by atoms with Gasteiger partial charge >= 0.3 is 0 Å². The van der Waals surface area contributed by atoms with Crippen molar-refractivity contribution in [1.82, 2.24) is 4.57 Å². The standard InChI is InChI=1S/C22H13Br2N/c23-16-12-19-18-7-3-4-8-21(18)25(22(19)20(24)13-16)17-10-9-14-5-1-2-6-15(14)11-17/h1-13H. The number of halogens is 2. The Hall–Kier alpha value is -2.10. The average molecular weight is 451 g/mol. The van der Waals surface area contributed by atoms with Gasteiger partial charge in [0, 0.05) is 25.4 Å². The van der Waals surface area contributed by atoms with Crippen LogP contribution in [0.4, 0.5) is 0 Å². The molecule has 0 aliphatic carbocycles. The third-order valence-corrected chi connectivity index (χ3v) is 5.74. The average Bonchev–Trinajstić information content (AvgIpc) is 2.96. The van der Waals surface area contributed by atoms with Gasteiger partial charge in [0.2, 0.25) is 0 Å². The van der Waals surface area contributed by atoms with E-state index >= 15 is 0 Å². The lowest BCUT2D eigenvalue weighted by atomic mass is 10.1. The molecule has 0 saturated heterocycles. The zero-order valence-corrected chi connectivity index (χ0v) is 16.4. The molecule has 0 fully saturated rings. The molecule has 120 valence electrons. The van der Waals surface area contributed by atoms with Crippen LogP contribution >= 0.6 is 31.9 Å². The lowest BCUT2D eigenvalue weighted by Gasteiger charge is -2.10. The van der Waals surface area contributed by atoms with E-state index in [0.29, 0.717) is 0 Å². The third-order valence-electron chi connectivity index (χ3n) is 4.68. The van der Waals surface area contributed by atoms with Gasteiger partial charge in [0.1, 0.15) is 0 Å². The minimum Gasteiger partial charge on any atom is -0.308 e. The fraction of sp³-hybridized carbons (Fsp3) is 0. The Bertz CT molecular complexity index is 1270. The molecule has 0 saturated carbocycles. The quantitative estimate of drug-likeness (QED) is 0.249. The molecule has 0 amide bonds. The number of para-hydroxylation sites is 1. The molecule has 0 N–H and O–H groups in total. The van der Waals surface area contributed by atoms with Crippen molar-refractivity contribution < 1.29 is 0 Å². The number of fused-ring (bicyclic) bond motifs is 4. The first-order valence-electron chi connectivity index (χ1n) is 8.10. The van der Waals surface area contributed by atoms with Crippen molar-refractivity contribution in [3.63, 3.8) is 0 Å². The van der Waals surface area contributed by atoms with Crippen LogP contribution < -0.4 is 0 Å². The number of rotatable bonds is 1. The van der Waals surface area contributed by atoms with Gasteiger partial charge in [0.25, 0.3) is 0 Å². The Labute approximate surface area is 162 Å². The number of hydrogen-bond acceptors (Lipinski definition) is 0. The predicted molar refractivity (Wildman–Crippen MR) is 114 cm³/mol. The molecule has 1 heterocycles. The molecule has 5 aromatic rings. The first-order valence-corrected chi connectivity index (χ1v) is 9.68. The Kier molecular flexibility index (Phi) is 3.47. The van der Waals surface area contributed by atoms with Crippen molar-refractivity contribution in [2.75, 3.05) is 0 Å². The highest BCUT2D eigenvalue weighted by atomic mass is 79.9. The first-order chi connectivity index (χ1) is 12.2. The molecular formula is C22H13Br2N. The maximum absolute atomic E-state index is 3.77. The Balaban J connectivity index is 1.96. The van der Waals surface area contributed by atoms with Crippen molar-refractivity contribution >= 4 is 64.4 Å². The van der Waals surface area contributed by atoms with Crippen LogP contribution in [0.1, 0.15) is 0 Å². The molecule has 1 nitrogen and oxygen atoms in total. The third kappa shape index (κ3) is 2.34. The van der Waals surface area contributed by atoms with Crippen molar-refractivity contribution in [3.8, 4) is 5.69 Å². The maximum Gasteiger partial charge on any atom is 0.0683 e. The molecular weight excluding hydrogens is 438 g/mol. The minimum absolute atomic E-state index is 1.08. The summed E-state index contributed by atoms with van der Waals surface area (Å²) in [5.41, 5.74) is 3.58. The van der Waals surface area contributed by atoms with Crippen LogP contribution in [0.15, 0.2) is 87.8 Å². The Morgan fingerprint density at radius 3 is 2.28 bits per heavy atom. The van der Waals surface area contributed by atoms with Crippen LogP contribution in [0.2, 0.25) is 0 Å². The molecule has 1 aromatic heterocycles. The zero-order valence-electron chi connectivity index (χ0n) is 13.2. The summed E-state index contributed by atoms with van der Waals surface area (Å²) < 4.78 is 4.50. The largest absolute Gasteiger partial charge is 0.308 e. The molecule has 3 heteroatoms. The van der Waals surface area contributed by atoms with Gasteiger partial charge in [-0.05, 0) is 57.0 Å². The van der Waals surface area contributed by atoms with E-state index in [0.717, 1.165) is 8.95 Å². The van der Waals surface area contributed by atoms with E-state index in [9.17, 15) is 0 Å². The molecule has 0 aliphatic heterocycles. The van der Waals surface area contributed by atoms with Crippen LogP contribution in [-0.2, 0) is 0 Å². The molecule has 0 spiro atoms. The summed E-state index contributed by atoms with van der Waals surface area (Å²) in [6, 6.07) is 28.0. The molecule has 0 aliphatic rings. The molecule has 0 bridgehead atoms. The highest BCUT2D eigenvalue weighted by molar-refractivity contribution is 9.11. The van der Waals surface area contributed by atoms with Gasteiger partial charge in [0.15, 0.2) is 0 Å². The second-order valence-corrected chi connectivity index (χ2v) is 7.94. The number of aromatic nitrogens is 1. The van der Waals surface area contributed by atoms with Crippen molar-refractivity contribution in [2.45, 2.75) is 0 Å². The summed E-state index contributed by atoms with van der Waals surface area (Å²) in [4.78, 5) is 0.